The number of aryl methyl sites for hydroxylation is 1. The number of nitrogens with zero attached hydrogens (tertiary/aromatic N) is 2. The monoisotopic (exact) mass is 332 g/mol. The van der Waals surface area contributed by atoms with E-state index < -0.39 is 11.5 Å². The van der Waals surface area contributed by atoms with Crippen LogP contribution in [0.4, 0.5) is 0 Å². The number of aromatic carboxylic acids is 1. The predicted octanol–water partition coefficient (Wildman–Crippen LogP) is 3.22. The van der Waals surface area contributed by atoms with Crippen LogP contribution in [-0.2, 0) is 13.0 Å². The lowest BCUT2D eigenvalue weighted by Crippen LogP contribution is -2.28. The summed E-state index contributed by atoms with van der Waals surface area (Å²) < 4.78 is 1.60. The van der Waals surface area contributed by atoms with Crippen LogP contribution in [0.1, 0.15) is 22.3 Å². The zero-order chi connectivity index (χ0) is 17.4. The molecule has 5 nitrogen and oxygen atoms in total. The molecule has 25 heavy (non-hydrogen) atoms. The van der Waals surface area contributed by atoms with Crippen molar-refractivity contribution in [2.24, 2.45) is 0 Å². The number of carbonyl (C=O) groups is 1. The summed E-state index contributed by atoms with van der Waals surface area (Å²) in [6.45, 7) is 0.490. The number of pyridine rings is 2. The van der Waals surface area contributed by atoms with Crippen molar-refractivity contribution in [2.75, 3.05) is 0 Å². The third-order valence-corrected chi connectivity index (χ3v) is 4.60. The Bertz CT molecular complexity index is 1020. The smallest absolute Gasteiger partial charge is 0.341 e. The van der Waals surface area contributed by atoms with E-state index in [0.29, 0.717) is 6.54 Å². The van der Waals surface area contributed by atoms with Crippen molar-refractivity contribution in [3.05, 3.63) is 76.3 Å². The van der Waals surface area contributed by atoms with Crippen LogP contribution in [0.5, 0.6) is 0 Å². The highest BCUT2D eigenvalue weighted by Crippen LogP contribution is 2.35. The largest absolute Gasteiger partial charge is 0.477 e. The van der Waals surface area contributed by atoms with Crippen molar-refractivity contribution in [1.82, 2.24) is 9.55 Å². The molecule has 3 heterocycles. The molecule has 0 unspecified atom stereocenters. The van der Waals surface area contributed by atoms with Crippen LogP contribution < -0.4 is 5.56 Å². The highest BCUT2D eigenvalue weighted by molar-refractivity contribution is 5.92. The average Bonchev–Trinajstić information content (AvgIpc) is 2.83. The van der Waals surface area contributed by atoms with Gasteiger partial charge in [0.05, 0.1) is 5.69 Å². The fourth-order valence-corrected chi connectivity index (χ4v) is 3.44. The molecule has 0 aliphatic carbocycles. The molecule has 0 radical (unpaired) electrons. The third kappa shape index (κ3) is 2.54. The molecule has 0 bridgehead atoms. The van der Waals surface area contributed by atoms with Gasteiger partial charge >= 0.3 is 5.97 Å². The van der Waals surface area contributed by atoms with Gasteiger partial charge in [-0.1, -0.05) is 30.3 Å². The van der Waals surface area contributed by atoms with E-state index >= 15 is 0 Å². The summed E-state index contributed by atoms with van der Waals surface area (Å²) in [5.74, 6) is -1.20. The minimum atomic E-state index is -1.20. The molecule has 1 aliphatic heterocycles. The van der Waals surface area contributed by atoms with Crippen molar-refractivity contribution >= 4 is 5.97 Å². The molecule has 0 atom stereocenters. The number of fused-ring (bicyclic) bond motifs is 3. The maximum absolute atomic E-state index is 12.8. The van der Waals surface area contributed by atoms with Gasteiger partial charge in [-0.3, -0.25) is 9.78 Å². The second-order valence-electron chi connectivity index (χ2n) is 6.08. The summed E-state index contributed by atoms with van der Waals surface area (Å²) in [5, 5.41) is 9.48. The van der Waals surface area contributed by atoms with Crippen molar-refractivity contribution in [3.63, 3.8) is 0 Å². The fourth-order valence-electron chi connectivity index (χ4n) is 3.44. The van der Waals surface area contributed by atoms with E-state index in [0.717, 1.165) is 40.8 Å². The molecular formula is C20H16N2O3. The molecule has 124 valence electrons. The van der Waals surface area contributed by atoms with Crippen molar-refractivity contribution in [3.8, 4) is 22.4 Å². The third-order valence-electron chi connectivity index (χ3n) is 4.60. The molecule has 0 amide bonds. The zero-order valence-electron chi connectivity index (χ0n) is 13.5. The first-order chi connectivity index (χ1) is 12.2. The van der Waals surface area contributed by atoms with Crippen molar-refractivity contribution in [2.45, 2.75) is 19.4 Å². The summed E-state index contributed by atoms with van der Waals surface area (Å²) >= 11 is 0. The van der Waals surface area contributed by atoms with Crippen molar-refractivity contribution < 1.29 is 9.90 Å². The van der Waals surface area contributed by atoms with Crippen LogP contribution in [0.2, 0.25) is 0 Å². The standard InChI is InChI=1S/C20H16N2O3/c23-19-16(20(24)25)11-15(13-5-2-1-3-6-13)18-17-12-21-9-8-14(17)7-4-10-22(18)19/h1-3,5-6,8-9,11-12H,4,7,10H2,(H,24,25). The van der Waals surface area contributed by atoms with Crippen LogP contribution in [0.15, 0.2) is 59.7 Å². The number of carboxylic acid groups (broad SMARTS) is 1. The molecule has 1 N–H and O–H groups in total. The topological polar surface area (TPSA) is 72.2 Å². The van der Waals surface area contributed by atoms with E-state index in [-0.39, 0.29) is 5.56 Å². The van der Waals surface area contributed by atoms with Gasteiger partial charge in [0.25, 0.3) is 5.56 Å². The maximum Gasteiger partial charge on any atom is 0.341 e. The number of benzene rings is 1. The highest BCUT2D eigenvalue weighted by Gasteiger charge is 2.24. The van der Waals surface area contributed by atoms with Crippen LogP contribution in [-0.4, -0.2) is 20.6 Å². The van der Waals surface area contributed by atoms with Gasteiger partial charge < -0.3 is 9.67 Å². The molecule has 2 aromatic heterocycles. The minimum Gasteiger partial charge on any atom is -0.477 e. The first-order valence-electron chi connectivity index (χ1n) is 8.16. The molecule has 3 aromatic rings. The first kappa shape index (κ1) is 15.3. The van der Waals surface area contributed by atoms with Gasteiger partial charge in [-0.05, 0) is 36.1 Å². The van der Waals surface area contributed by atoms with Crippen LogP contribution in [0.25, 0.3) is 22.4 Å². The molecule has 0 spiro atoms. The summed E-state index contributed by atoms with van der Waals surface area (Å²) in [4.78, 5) is 28.6. The predicted molar refractivity (Wildman–Crippen MR) is 94.6 cm³/mol. The van der Waals surface area contributed by atoms with Crippen molar-refractivity contribution in [1.29, 1.82) is 0 Å². The number of carboxylic acids is 1. The van der Waals surface area contributed by atoms with Gasteiger partial charge in [-0.15, -0.1) is 0 Å². The van der Waals surface area contributed by atoms with Crippen LogP contribution >= 0.6 is 0 Å². The Labute approximate surface area is 144 Å². The van der Waals surface area contributed by atoms with E-state index in [1.165, 1.54) is 6.07 Å². The molecule has 0 saturated carbocycles. The molecule has 5 heteroatoms. The SMILES string of the molecule is O=C(O)c1cc(-c2ccccc2)c2n(c1=O)CCCc1ccncc1-2. The van der Waals surface area contributed by atoms with Gasteiger partial charge in [0, 0.05) is 30.1 Å². The minimum absolute atomic E-state index is 0.199. The number of hydrogen-bond donors (Lipinski definition) is 1. The molecule has 1 aromatic carbocycles. The summed E-state index contributed by atoms with van der Waals surface area (Å²) in [5.41, 5.74) is 3.74. The van der Waals surface area contributed by atoms with Crippen LogP contribution in [0.3, 0.4) is 0 Å². The van der Waals surface area contributed by atoms with E-state index in [2.05, 4.69) is 4.98 Å². The molecule has 0 fully saturated rings. The first-order valence-corrected chi connectivity index (χ1v) is 8.16. The Hall–Kier alpha value is -3.21. The summed E-state index contributed by atoms with van der Waals surface area (Å²) in [6, 6.07) is 13.0. The quantitative estimate of drug-likeness (QED) is 0.782. The van der Waals surface area contributed by atoms with Gasteiger partial charge in [0.2, 0.25) is 0 Å². The molecule has 0 saturated heterocycles. The lowest BCUT2D eigenvalue weighted by molar-refractivity contribution is 0.0694. The molecule has 4 rings (SSSR count). The Morgan fingerprint density at radius 2 is 1.92 bits per heavy atom. The average molecular weight is 332 g/mol. The Balaban J connectivity index is 2.14. The summed E-state index contributed by atoms with van der Waals surface area (Å²) in [7, 11) is 0. The number of rotatable bonds is 2. The fraction of sp³-hybridized carbons (Fsp3) is 0.150. The Kier molecular flexibility index (Phi) is 3.69. The second kappa shape index (κ2) is 6.02. The van der Waals surface area contributed by atoms with Gasteiger partial charge in [0.15, 0.2) is 0 Å². The molecule has 1 aliphatic rings. The van der Waals surface area contributed by atoms with E-state index in [9.17, 15) is 14.7 Å². The second-order valence-corrected chi connectivity index (χ2v) is 6.08. The normalized spacial score (nSPS) is 12.8. The molecular weight excluding hydrogens is 316 g/mol. The Morgan fingerprint density at radius 3 is 2.68 bits per heavy atom. The Morgan fingerprint density at radius 1 is 1.12 bits per heavy atom. The maximum atomic E-state index is 12.8. The lowest BCUT2D eigenvalue weighted by Gasteiger charge is -2.17. The van der Waals surface area contributed by atoms with Gasteiger partial charge in [-0.2, -0.15) is 0 Å². The van der Waals surface area contributed by atoms with Gasteiger partial charge in [0.1, 0.15) is 5.56 Å². The van der Waals surface area contributed by atoms with E-state index in [4.69, 9.17) is 0 Å². The zero-order valence-corrected chi connectivity index (χ0v) is 13.5. The van der Waals surface area contributed by atoms with E-state index in [1.807, 2.05) is 36.4 Å². The number of aromatic nitrogens is 2. The summed E-state index contributed by atoms with van der Waals surface area (Å²) in [6.07, 6.45) is 5.12. The van der Waals surface area contributed by atoms with Crippen LogP contribution in [0, 0.1) is 0 Å². The lowest BCUT2D eigenvalue weighted by atomic mass is 9.95. The number of hydrogen-bond acceptors (Lipinski definition) is 3. The highest BCUT2D eigenvalue weighted by atomic mass is 16.4. The van der Waals surface area contributed by atoms with Gasteiger partial charge in [-0.25, -0.2) is 4.79 Å². The van der Waals surface area contributed by atoms with E-state index in [1.54, 1.807) is 17.0 Å².